The molecule has 10 heavy (non-hydrogen) atoms. The molecule has 1 rings (SSSR count). The van der Waals surface area contributed by atoms with Crippen LogP contribution in [0.15, 0.2) is 18.7 Å². The van der Waals surface area contributed by atoms with Crippen LogP contribution in [-0.2, 0) is 0 Å². The predicted molar refractivity (Wildman–Crippen MR) is 31.5 cm³/mol. The molecule has 1 heterocycles. The van der Waals surface area contributed by atoms with E-state index in [9.17, 15) is 4.79 Å². The van der Waals surface area contributed by atoms with Gasteiger partial charge in [-0.2, -0.15) is 4.73 Å². The van der Waals surface area contributed by atoms with Crippen molar-refractivity contribution in [2.45, 2.75) is 0 Å². The molecule has 0 aliphatic carbocycles. The van der Waals surface area contributed by atoms with Crippen LogP contribution < -0.4 is 16.1 Å². The minimum atomic E-state index is -0.738. The van der Waals surface area contributed by atoms with Crippen molar-refractivity contribution < 1.29 is 9.63 Å². The number of carbonyl (C=O) groups is 1. The van der Waals surface area contributed by atoms with E-state index in [0.717, 1.165) is 4.73 Å². The van der Waals surface area contributed by atoms with Crippen molar-refractivity contribution in [2.24, 2.45) is 5.84 Å². The van der Waals surface area contributed by atoms with E-state index in [2.05, 4.69) is 9.82 Å². The van der Waals surface area contributed by atoms with E-state index < -0.39 is 6.09 Å². The van der Waals surface area contributed by atoms with Crippen molar-refractivity contribution >= 4 is 6.09 Å². The predicted octanol–water partition coefficient (Wildman–Crippen LogP) is -1.10. The number of hydrogen-bond donors (Lipinski definition) is 2. The largest absolute Gasteiger partial charge is 0.446 e. The van der Waals surface area contributed by atoms with Gasteiger partial charge in [-0.25, -0.2) is 15.6 Å². The van der Waals surface area contributed by atoms with E-state index >= 15 is 0 Å². The molecule has 0 radical (unpaired) electrons. The average Bonchev–Trinajstić information content (AvgIpc) is 2.40. The van der Waals surface area contributed by atoms with Crippen LogP contribution >= 0.6 is 0 Å². The summed E-state index contributed by atoms with van der Waals surface area (Å²) in [5, 5.41) is 0. The summed E-state index contributed by atoms with van der Waals surface area (Å²) in [5.41, 5.74) is 1.79. The van der Waals surface area contributed by atoms with Crippen LogP contribution in [0.3, 0.4) is 0 Å². The molecule has 0 saturated carbocycles. The molecule has 3 N–H and O–H groups in total. The Morgan fingerprint density at radius 1 is 1.80 bits per heavy atom. The molecule has 0 bridgehead atoms. The lowest BCUT2D eigenvalue weighted by Crippen LogP contribution is -2.36. The zero-order valence-corrected chi connectivity index (χ0v) is 5.02. The molecule has 0 aliphatic heterocycles. The van der Waals surface area contributed by atoms with Crippen LogP contribution in [-0.4, -0.2) is 15.8 Å². The number of hydrogen-bond acceptors (Lipinski definition) is 4. The maximum absolute atomic E-state index is 10.4. The van der Waals surface area contributed by atoms with Gasteiger partial charge in [0.25, 0.3) is 0 Å². The monoisotopic (exact) mass is 142 g/mol. The van der Waals surface area contributed by atoms with Crippen molar-refractivity contribution in [3.8, 4) is 0 Å². The highest BCUT2D eigenvalue weighted by Gasteiger charge is 1.97. The van der Waals surface area contributed by atoms with Crippen molar-refractivity contribution in [2.75, 3.05) is 0 Å². The van der Waals surface area contributed by atoms with E-state index in [0.29, 0.717) is 0 Å². The molecule has 1 aromatic heterocycles. The maximum atomic E-state index is 10.4. The Morgan fingerprint density at radius 2 is 2.60 bits per heavy atom. The number of imidazole rings is 1. The lowest BCUT2D eigenvalue weighted by atomic mass is 11.0. The SMILES string of the molecule is NNC(=O)On1ccnc1. The molecule has 0 saturated heterocycles. The van der Waals surface area contributed by atoms with E-state index in [1.165, 1.54) is 18.7 Å². The fourth-order valence-electron chi connectivity index (χ4n) is 0.423. The van der Waals surface area contributed by atoms with Crippen molar-refractivity contribution in [3.63, 3.8) is 0 Å². The molecular formula is C4H6N4O2. The van der Waals surface area contributed by atoms with Crippen molar-refractivity contribution in [1.29, 1.82) is 0 Å². The summed E-state index contributed by atoms with van der Waals surface area (Å²) >= 11 is 0. The van der Waals surface area contributed by atoms with E-state index in [-0.39, 0.29) is 0 Å². The van der Waals surface area contributed by atoms with Gasteiger partial charge in [0, 0.05) is 6.20 Å². The molecule has 6 heteroatoms. The third-order valence-electron chi connectivity index (χ3n) is 0.786. The summed E-state index contributed by atoms with van der Waals surface area (Å²) in [6, 6.07) is 0. The van der Waals surface area contributed by atoms with Gasteiger partial charge in [0.05, 0.1) is 6.20 Å². The van der Waals surface area contributed by atoms with Crippen LogP contribution in [0.2, 0.25) is 0 Å². The number of nitrogens with two attached hydrogens (primary N) is 1. The molecule has 0 atom stereocenters. The van der Waals surface area contributed by atoms with Gasteiger partial charge in [-0.3, -0.25) is 5.43 Å². The number of carbonyl (C=O) groups excluding carboxylic acids is 1. The Balaban J connectivity index is 2.48. The minimum Gasteiger partial charge on any atom is -0.315 e. The Hall–Kier alpha value is -1.56. The van der Waals surface area contributed by atoms with Gasteiger partial charge in [-0.15, -0.1) is 0 Å². The topological polar surface area (TPSA) is 82.2 Å². The maximum Gasteiger partial charge on any atom is 0.446 e. The molecule has 1 amide bonds. The molecule has 0 fully saturated rings. The number of aromatic nitrogens is 2. The third-order valence-corrected chi connectivity index (χ3v) is 0.786. The Labute approximate surface area is 56.5 Å². The molecule has 0 unspecified atom stereocenters. The van der Waals surface area contributed by atoms with Crippen LogP contribution in [0.25, 0.3) is 0 Å². The Bertz CT molecular complexity index is 207. The zero-order valence-electron chi connectivity index (χ0n) is 5.02. The van der Waals surface area contributed by atoms with Gasteiger partial charge >= 0.3 is 6.09 Å². The smallest absolute Gasteiger partial charge is 0.315 e. The van der Waals surface area contributed by atoms with Crippen molar-refractivity contribution in [3.05, 3.63) is 18.7 Å². The summed E-state index contributed by atoms with van der Waals surface area (Å²) in [7, 11) is 0. The van der Waals surface area contributed by atoms with Gasteiger partial charge in [-0.05, 0) is 0 Å². The molecule has 1 aromatic rings. The second-order valence-electron chi connectivity index (χ2n) is 1.45. The first kappa shape index (κ1) is 6.56. The van der Waals surface area contributed by atoms with Crippen molar-refractivity contribution in [1.82, 2.24) is 15.1 Å². The van der Waals surface area contributed by atoms with E-state index in [1.807, 2.05) is 0 Å². The number of hydrazine groups is 1. The Kier molecular flexibility index (Phi) is 1.86. The van der Waals surface area contributed by atoms with Gasteiger partial charge in [-0.1, -0.05) is 0 Å². The minimum absolute atomic E-state index is 0.738. The quantitative estimate of drug-likeness (QED) is 0.296. The fraction of sp³-hybridized carbons (Fsp3) is 0. The highest BCUT2D eigenvalue weighted by atomic mass is 16.7. The fourth-order valence-corrected chi connectivity index (χ4v) is 0.423. The molecule has 54 valence electrons. The number of amides is 1. The van der Waals surface area contributed by atoms with Gasteiger partial charge in [0.2, 0.25) is 0 Å². The van der Waals surface area contributed by atoms with Gasteiger partial charge in [0.1, 0.15) is 6.33 Å². The lowest BCUT2D eigenvalue weighted by Gasteiger charge is -1.99. The highest BCUT2D eigenvalue weighted by molar-refractivity contribution is 5.66. The average molecular weight is 142 g/mol. The van der Waals surface area contributed by atoms with Gasteiger partial charge in [0.15, 0.2) is 0 Å². The Morgan fingerprint density at radius 3 is 3.10 bits per heavy atom. The zero-order chi connectivity index (χ0) is 7.40. The molecular weight excluding hydrogens is 136 g/mol. The van der Waals surface area contributed by atoms with E-state index in [1.54, 1.807) is 5.43 Å². The standard InChI is InChI=1S/C4H6N4O2/c5-7-4(9)10-8-2-1-6-3-8/h1-3H,5H2,(H,7,9). The normalized spacial score (nSPS) is 8.90. The third kappa shape index (κ3) is 1.46. The van der Waals surface area contributed by atoms with Crippen LogP contribution in [0, 0.1) is 0 Å². The van der Waals surface area contributed by atoms with Gasteiger partial charge < -0.3 is 4.84 Å². The number of nitrogens with zero attached hydrogens (tertiary/aromatic N) is 2. The van der Waals surface area contributed by atoms with Crippen LogP contribution in [0.5, 0.6) is 0 Å². The molecule has 0 aliphatic rings. The highest BCUT2D eigenvalue weighted by Crippen LogP contribution is 1.79. The molecule has 0 aromatic carbocycles. The second-order valence-corrected chi connectivity index (χ2v) is 1.45. The van der Waals surface area contributed by atoms with E-state index in [4.69, 9.17) is 5.84 Å². The first-order valence-corrected chi connectivity index (χ1v) is 2.50. The number of rotatable bonds is 1. The summed E-state index contributed by atoms with van der Waals surface area (Å²) in [6.45, 7) is 0. The summed E-state index contributed by atoms with van der Waals surface area (Å²) in [6.07, 6.45) is 3.53. The summed E-state index contributed by atoms with van der Waals surface area (Å²) in [4.78, 5) is 18.5. The molecule has 0 spiro atoms. The summed E-state index contributed by atoms with van der Waals surface area (Å²) < 4.78 is 1.13. The first-order valence-electron chi connectivity index (χ1n) is 2.50. The van der Waals surface area contributed by atoms with Crippen LogP contribution in [0.1, 0.15) is 0 Å². The first-order chi connectivity index (χ1) is 4.83. The number of nitrogens with one attached hydrogen (secondary N) is 1. The second kappa shape index (κ2) is 2.83. The summed E-state index contributed by atoms with van der Waals surface area (Å²) in [5.74, 6) is 4.73. The molecule has 6 nitrogen and oxygen atoms in total. The van der Waals surface area contributed by atoms with Crippen LogP contribution in [0.4, 0.5) is 4.79 Å². The lowest BCUT2D eigenvalue weighted by molar-refractivity contribution is 0.133.